The van der Waals surface area contributed by atoms with Crippen LogP contribution in [0.4, 0.5) is 5.69 Å². The van der Waals surface area contributed by atoms with Gasteiger partial charge >= 0.3 is 0 Å². The van der Waals surface area contributed by atoms with Crippen molar-refractivity contribution in [1.29, 1.82) is 0 Å². The van der Waals surface area contributed by atoms with Gasteiger partial charge < -0.3 is 10.2 Å². The molecule has 3 nitrogen and oxygen atoms in total. The van der Waals surface area contributed by atoms with Gasteiger partial charge in [0.25, 0.3) is 0 Å². The van der Waals surface area contributed by atoms with Crippen LogP contribution < -0.4 is 10.2 Å². The second kappa shape index (κ2) is 7.08. The van der Waals surface area contributed by atoms with Crippen LogP contribution in [-0.4, -0.2) is 25.0 Å². The first-order valence-corrected chi connectivity index (χ1v) is 8.17. The largest absolute Gasteiger partial charge is 0.314 e. The minimum Gasteiger partial charge on any atom is -0.314 e. The SMILES string of the molecule is CCN(C(=O)CC1(NC)CCCCC1)c1ccccc1C. The monoisotopic (exact) mass is 288 g/mol. The van der Waals surface area contributed by atoms with Crippen LogP contribution in [0.1, 0.15) is 51.0 Å². The maximum Gasteiger partial charge on any atom is 0.228 e. The Morgan fingerprint density at radius 2 is 1.90 bits per heavy atom. The molecular formula is C18H28N2O. The number of benzene rings is 1. The summed E-state index contributed by atoms with van der Waals surface area (Å²) in [7, 11) is 2.00. The third-order valence-corrected chi connectivity index (χ3v) is 4.85. The molecule has 1 amide bonds. The molecule has 0 saturated heterocycles. The van der Waals surface area contributed by atoms with Crippen molar-refractivity contribution in [1.82, 2.24) is 5.32 Å². The molecular weight excluding hydrogens is 260 g/mol. The van der Waals surface area contributed by atoms with Crippen LogP contribution >= 0.6 is 0 Å². The van der Waals surface area contributed by atoms with Gasteiger partial charge in [-0.05, 0) is 45.4 Å². The molecule has 1 aliphatic carbocycles. The van der Waals surface area contributed by atoms with E-state index in [0.717, 1.165) is 30.6 Å². The van der Waals surface area contributed by atoms with Crippen LogP contribution in [0.5, 0.6) is 0 Å². The standard InChI is InChI=1S/C18H28N2O/c1-4-20(16-11-7-6-10-15(16)2)17(21)14-18(19-3)12-8-5-9-13-18/h6-7,10-11,19H,4-5,8-9,12-14H2,1-3H3. The molecule has 1 aromatic carbocycles. The second-order valence-corrected chi connectivity index (χ2v) is 6.19. The smallest absolute Gasteiger partial charge is 0.228 e. The molecule has 1 aromatic rings. The summed E-state index contributed by atoms with van der Waals surface area (Å²) in [6, 6.07) is 8.14. The van der Waals surface area contributed by atoms with Crippen LogP contribution in [0, 0.1) is 6.92 Å². The van der Waals surface area contributed by atoms with Crippen molar-refractivity contribution in [2.75, 3.05) is 18.5 Å². The summed E-state index contributed by atoms with van der Waals surface area (Å²) in [5.74, 6) is 0.239. The molecule has 0 bridgehead atoms. The van der Waals surface area contributed by atoms with E-state index in [9.17, 15) is 4.79 Å². The average Bonchev–Trinajstić information content (AvgIpc) is 2.51. The molecule has 21 heavy (non-hydrogen) atoms. The van der Waals surface area contributed by atoms with E-state index in [1.165, 1.54) is 19.3 Å². The molecule has 0 heterocycles. The number of anilines is 1. The molecule has 0 aliphatic heterocycles. The molecule has 0 aromatic heterocycles. The molecule has 0 spiro atoms. The average molecular weight is 288 g/mol. The number of carbonyl (C=O) groups excluding carboxylic acids is 1. The number of nitrogens with one attached hydrogen (secondary N) is 1. The predicted molar refractivity (Wildman–Crippen MR) is 88.7 cm³/mol. The number of carbonyl (C=O) groups is 1. The van der Waals surface area contributed by atoms with Crippen molar-refractivity contribution in [2.24, 2.45) is 0 Å². The Bertz CT molecular complexity index is 478. The van der Waals surface area contributed by atoms with Gasteiger partial charge in [0.1, 0.15) is 0 Å². The maximum atomic E-state index is 12.8. The fourth-order valence-electron chi connectivity index (χ4n) is 3.48. The van der Waals surface area contributed by atoms with Crippen molar-refractivity contribution >= 4 is 11.6 Å². The Labute approximate surface area is 128 Å². The van der Waals surface area contributed by atoms with Crippen molar-refractivity contribution in [3.63, 3.8) is 0 Å². The Balaban J connectivity index is 2.15. The fraction of sp³-hybridized carbons (Fsp3) is 0.611. The summed E-state index contributed by atoms with van der Waals surface area (Å²) in [6.45, 7) is 4.85. The lowest BCUT2D eigenvalue weighted by Crippen LogP contribution is -2.49. The number of aryl methyl sites for hydroxylation is 1. The lowest BCUT2D eigenvalue weighted by molar-refractivity contribution is -0.120. The summed E-state index contributed by atoms with van der Waals surface area (Å²) in [5, 5.41) is 3.45. The van der Waals surface area contributed by atoms with Crippen molar-refractivity contribution in [3.05, 3.63) is 29.8 Å². The van der Waals surface area contributed by atoms with Gasteiger partial charge in [0.15, 0.2) is 0 Å². The van der Waals surface area contributed by atoms with E-state index < -0.39 is 0 Å². The van der Waals surface area contributed by atoms with Crippen molar-refractivity contribution < 1.29 is 4.79 Å². The summed E-state index contributed by atoms with van der Waals surface area (Å²) < 4.78 is 0. The van der Waals surface area contributed by atoms with Crippen LogP contribution in [0.3, 0.4) is 0 Å². The zero-order valence-electron chi connectivity index (χ0n) is 13.6. The number of hydrogen-bond acceptors (Lipinski definition) is 2. The van der Waals surface area contributed by atoms with E-state index in [1.807, 2.05) is 30.1 Å². The molecule has 1 saturated carbocycles. The fourth-order valence-corrected chi connectivity index (χ4v) is 3.48. The van der Waals surface area contributed by atoms with E-state index in [4.69, 9.17) is 0 Å². The number of nitrogens with zero attached hydrogens (tertiary/aromatic N) is 1. The topological polar surface area (TPSA) is 32.3 Å². The number of amides is 1. The highest BCUT2D eigenvalue weighted by Crippen LogP contribution is 2.32. The highest BCUT2D eigenvalue weighted by molar-refractivity contribution is 5.94. The van der Waals surface area contributed by atoms with Gasteiger partial charge in [0.2, 0.25) is 5.91 Å². The molecule has 116 valence electrons. The van der Waals surface area contributed by atoms with Crippen molar-refractivity contribution in [3.8, 4) is 0 Å². The van der Waals surface area contributed by atoms with E-state index in [1.54, 1.807) is 0 Å². The summed E-state index contributed by atoms with van der Waals surface area (Å²) in [6.07, 6.45) is 6.58. The Morgan fingerprint density at radius 1 is 1.24 bits per heavy atom. The third-order valence-electron chi connectivity index (χ3n) is 4.85. The number of rotatable bonds is 5. The molecule has 0 radical (unpaired) electrons. The first-order valence-electron chi connectivity index (χ1n) is 8.17. The van der Waals surface area contributed by atoms with Crippen molar-refractivity contribution in [2.45, 2.75) is 57.9 Å². The van der Waals surface area contributed by atoms with Gasteiger partial charge in [-0.15, -0.1) is 0 Å². The molecule has 2 rings (SSSR count). The van der Waals surface area contributed by atoms with E-state index in [2.05, 4.69) is 25.2 Å². The Morgan fingerprint density at radius 3 is 2.48 bits per heavy atom. The molecule has 0 unspecified atom stereocenters. The zero-order chi connectivity index (χ0) is 15.3. The number of para-hydroxylation sites is 1. The molecule has 1 N–H and O–H groups in total. The highest BCUT2D eigenvalue weighted by atomic mass is 16.2. The molecule has 1 aliphatic rings. The first-order chi connectivity index (χ1) is 10.1. The second-order valence-electron chi connectivity index (χ2n) is 6.19. The van der Waals surface area contributed by atoms with Gasteiger partial charge in [-0.3, -0.25) is 4.79 Å². The molecule has 3 heteroatoms. The first kappa shape index (κ1) is 16.0. The number of hydrogen-bond donors (Lipinski definition) is 1. The zero-order valence-corrected chi connectivity index (χ0v) is 13.6. The summed E-state index contributed by atoms with van der Waals surface area (Å²) >= 11 is 0. The normalized spacial score (nSPS) is 17.5. The van der Waals surface area contributed by atoms with Gasteiger partial charge in [-0.2, -0.15) is 0 Å². The van der Waals surface area contributed by atoms with Gasteiger partial charge in [0.05, 0.1) is 0 Å². The lowest BCUT2D eigenvalue weighted by Gasteiger charge is -2.38. The van der Waals surface area contributed by atoms with Gasteiger partial charge in [-0.25, -0.2) is 0 Å². The van der Waals surface area contributed by atoms with Crippen LogP contribution in [-0.2, 0) is 4.79 Å². The minimum absolute atomic E-state index is 0.00540. The summed E-state index contributed by atoms with van der Waals surface area (Å²) in [5.41, 5.74) is 2.22. The Hall–Kier alpha value is -1.35. The van der Waals surface area contributed by atoms with Gasteiger partial charge in [0, 0.05) is 24.2 Å². The molecule has 0 atom stereocenters. The lowest BCUT2D eigenvalue weighted by atomic mass is 9.79. The quantitative estimate of drug-likeness (QED) is 0.896. The van der Waals surface area contributed by atoms with Gasteiger partial charge in [-0.1, -0.05) is 37.5 Å². The minimum atomic E-state index is 0.00540. The van der Waals surface area contributed by atoms with Crippen LogP contribution in [0.15, 0.2) is 24.3 Å². The third kappa shape index (κ3) is 3.65. The van der Waals surface area contributed by atoms with Crippen LogP contribution in [0.25, 0.3) is 0 Å². The van der Waals surface area contributed by atoms with Crippen LogP contribution in [0.2, 0.25) is 0 Å². The van der Waals surface area contributed by atoms with E-state index in [-0.39, 0.29) is 11.4 Å². The highest BCUT2D eigenvalue weighted by Gasteiger charge is 2.34. The summed E-state index contributed by atoms with van der Waals surface area (Å²) in [4.78, 5) is 14.8. The van der Waals surface area contributed by atoms with E-state index >= 15 is 0 Å². The molecule has 1 fully saturated rings. The predicted octanol–water partition coefficient (Wildman–Crippen LogP) is 3.66. The maximum absolute atomic E-state index is 12.8. The van der Waals surface area contributed by atoms with E-state index in [0.29, 0.717) is 6.42 Å². The Kier molecular flexibility index (Phi) is 5.40.